The first kappa shape index (κ1) is 15.6. The number of fused-ring (bicyclic) bond motifs is 4. The molecule has 0 saturated heterocycles. The monoisotopic (exact) mass is 333 g/mol. The van der Waals surface area contributed by atoms with E-state index in [4.69, 9.17) is 4.74 Å². The van der Waals surface area contributed by atoms with E-state index >= 15 is 0 Å². The van der Waals surface area contributed by atoms with E-state index in [9.17, 15) is 4.79 Å². The summed E-state index contributed by atoms with van der Waals surface area (Å²) in [6.07, 6.45) is 4.26. The van der Waals surface area contributed by atoms with Crippen LogP contribution in [0.5, 0.6) is 5.75 Å². The molecule has 0 unspecified atom stereocenters. The third-order valence-corrected chi connectivity index (χ3v) is 5.07. The van der Waals surface area contributed by atoms with Gasteiger partial charge in [0.15, 0.2) is 12.4 Å². The van der Waals surface area contributed by atoms with E-state index in [1.54, 1.807) is 0 Å². The van der Waals surface area contributed by atoms with Crippen molar-refractivity contribution >= 4 is 38.5 Å². The molecule has 4 rings (SSSR count). The van der Waals surface area contributed by atoms with Crippen LogP contribution in [0, 0.1) is 13.8 Å². The van der Waals surface area contributed by atoms with Crippen molar-refractivity contribution < 1.29 is 14.1 Å². The molecule has 0 aliphatic heterocycles. The molecule has 0 atom stereocenters. The van der Waals surface area contributed by atoms with Crippen molar-refractivity contribution in [1.82, 2.24) is 4.57 Å². The maximum absolute atomic E-state index is 11.3. The van der Waals surface area contributed by atoms with Crippen molar-refractivity contribution in [3.05, 3.63) is 47.8 Å². The molecular weight excluding hydrogens is 312 g/mol. The molecule has 126 valence electrons. The van der Waals surface area contributed by atoms with Gasteiger partial charge < -0.3 is 9.30 Å². The predicted octanol–water partition coefficient (Wildman–Crippen LogP) is 3.85. The van der Waals surface area contributed by atoms with E-state index in [0.29, 0.717) is 5.75 Å². The molecule has 25 heavy (non-hydrogen) atoms. The highest BCUT2D eigenvalue weighted by Crippen LogP contribution is 2.38. The molecular formula is C21H21N2O2+. The standard InChI is InChI=1S/C21H21N2O2/c1-12-18-11-22(4)9-8-16(18)13(2)21-20(12)17-10-15(25-14(3)24)6-7-19(17)23(21)5/h6-11H,1-5H3/q+1. The average Bonchev–Trinajstić information content (AvgIpc) is 2.85. The fourth-order valence-corrected chi connectivity index (χ4v) is 3.96. The van der Waals surface area contributed by atoms with Crippen molar-refractivity contribution in [2.24, 2.45) is 14.1 Å². The second-order valence-corrected chi connectivity index (χ2v) is 6.74. The highest BCUT2D eigenvalue weighted by Gasteiger charge is 2.18. The van der Waals surface area contributed by atoms with Gasteiger partial charge >= 0.3 is 5.97 Å². The molecule has 0 aliphatic rings. The summed E-state index contributed by atoms with van der Waals surface area (Å²) in [4.78, 5) is 11.3. The average molecular weight is 333 g/mol. The van der Waals surface area contributed by atoms with Gasteiger partial charge in [-0.05, 0) is 48.6 Å². The van der Waals surface area contributed by atoms with Crippen LogP contribution in [-0.2, 0) is 18.9 Å². The van der Waals surface area contributed by atoms with Crippen LogP contribution in [0.15, 0.2) is 36.7 Å². The second-order valence-electron chi connectivity index (χ2n) is 6.74. The molecule has 0 bridgehead atoms. The van der Waals surface area contributed by atoms with Crippen LogP contribution in [-0.4, -0.2) is 10.5 Å². The molecule has 0 spiro atoms. The number of nitrogens with zero attached hydrogens (tertiary/aromatic N) is 2. The molecule has 2 aromatic heterocycles. The third kappa shape index (κ3) is 2.21. The van der Waals surface area contributed by atoms with Crippen molar-refractivity contribution in [3.8, 4) is 5.75 Å². The van der Waals surface area contributed by atoms with Crippen molar-refractivity contribution in [3.63, 3.8) is 0 Å². The van der Waals surface area contributed by atoms with E-state index in [-0.39, 0.29) is 5.97 Å². The molecule has 4 nitrogen and oxygen atoms in total. The Morgan fingerprint density at radius 3 is 2.56 bits per heavy atom. The summed E-state index contributed by atoms with van der Waals surface area (Å²) in [7, 11) is 4.14. The van der Waals surface area contributed by atoms with Gasteiger partial charge in [0.05, 0.1) is 5.52 Å². The Balaban J connectivity index is 2.21. The summed E-state index contributed by atoms with van der Waals surface area (Å²) in [5.74, 6) is 0.285. The number of benzene rings is 2. The minimum absolute atomic E-state index is 0.301. The second kappa shape index (κ2) is 5.31. The summed E-state index contributed by atoms with van der Waals surface area (Å²) < 4.78 is 9.62. The van der Waals surface area contributed by atoms with Gasteiger partial charge in [-0.1, -0.05) is 0 Å². The Bertz CT molecular complexity index is 1190. The number of pyridine rings is 1. The summed E-state index contributed by atoms with van der Waals surface area (Å²) in [5, 5.41) is 4.86. The zero-order chi connectivity index (χ0) is 17.9. The molecule has 4 heteroatoms. The molecule has 0 amide bonds. The minimum atomic E-state index is -0.301. The van der Waals surface area contributed by atoms with Crippen molar-refractivity contribution in [2.45, 2.75) is 20.8 Å². The Morgan fingerprint density at radius 2 is 1.84 bits per heavy atom. The number of ether oxygens (including phenoxy) is 1. The lowest BCUT2D eigenvalue weighted by Crippen LogP contribution is -2.26. The molecule has 0 fully saturated rings. The maximum atomic E-state index is 11.3. The molecule has 0 N–H and O–H groups in total. The van der Waals surface area contributed by atoms with E-state index in [2.05, 4.69) is 48.5 Å². The van der Waals surface area contributed by atoms with Crippen LogP contribution in [0.3, 0.4) is 0 Å². The van der Waals surface area contributed by atoms with E-state index in [1.807, 2.05) is 25.2 Å². The Hall–Kier alpha value is -2.88. The van der Waals surface area contributed by atoms with Crippen LogP contribution in [0.4, 0.5) is 0 Å². The number of hydrogen-bond donors (Lipinski definition) is 0. The van der Waals surface area contributed by atoms with Gasteiger partial charge in [0, 0.05) is 41.7 Å². The molecule has 0 saturated carbocycles. The number of carbonyl (C=O) groups is 1. The van der Waals surface area contributed by atoms with Gasteiger partial charge in [-0.15, -0.1) is 0 Å². The number of aromatic nitrogens is 2. The van der Waals surface area contributed by atoms with Crippen LogP contribution < -0.4 is 9.30 Å². The topological polar surface area (TPSA) is 35.1 Å². The Kier molecular flexibility index (Phi) is 3.32. The summed E-state index contributed by atoms with van der Waals surface area (Å²) in [6.45, 7) is 5.77. The predicted molar refractivity (Wildman–Crippen MR) is 99.9 cm³/mol. The Labute approximate surface area is 146 Å². The zero-order valence-electron chi connectivity index (χ0n) is 15.2. The van der Waals surface area contributed by atoms with Gasteiger partial charge in [0.2, 0.25) is 0 Å². The number of carbonyl (C=O) groups excluding carboxylic acids is 1. The van der Waals surface area contributed by atoms with Crippen molar-refractivity contribution in [2.75, 3.05) is 0 Å². The lowest BCUT2D eigenvalue weighted by Gasteiger charge is -2.09. The lowest BCUT2D eigenvalue weighted by molar-refractivity contribution is -0.670. The molecule has 2 heterocycles. The normalized spacial score (nSPS) is 11.6. The van der Waals surface area contributed by atoms with Gasteiger partial charge in [-0.2, -0.15) is 0 Å². The summed E-state index contributed by atoms with van der Waals surface area (Å²) in [6, 6.07) is 8.03. The Morgan fingerprint density at radius 1 is 1.08 bits per heavy atom. The number of hydrogen-bond acceptors (Lipinski definition) is 2. The van der Waals surface area contributed by atoms with Crippen molar-refractivity contribution in [1.29, 1.82) is 0 Å². The maximum Gasteiger partial charge on any atom is 0.308 e. The van der Waals surface area contributed by atoms with Crippen LogP contribution in [0.1, 0.15) is 18.1 Å². The largest absolute Gasteiger partial charge is 0.427 e. The molecule has 2 aromatic carbocycles. The third-order valence-electron chi connectivity index (χ3n) is 5.07. The van der Waals surface area contributed by atoms with E-state index in [0.717, 1.165) is 10.9 Å². The molecule has 4 aromatic rings. The van der Waals surface area contributed by atoms with Gasteiger partial charge in [0.1, 0.15) is 12.8 Å². The quantitative estimate of drug-likeness (QED) is 0.301. The van der Waals surface area contributed by atoms with Crippen LogP contribution in [0.25, 0.3) is 32.6 Å². The number of esters is 1. The first-order valence-electron chi connectivity index (χ1n) is 8.37. The highest BCUT2D eigenvalue weighted by molar-refractivity contribution is 6.17. The zero-order valence-corrected chi connectivity index (χ0v) is 15.2. The van der Waals surface area contributed by atoms with Crippen LogP contribution in [0.2, 0.25) is 0 Å². The fraction of sp³-hybridized carbons (Fsp3) is 0.238. The summed E-state index contributed by atoms with van der Waals surface area (Å²) >= 11 is 0. The van der Waals surface area contributed by atoms with Crippen LogP contribution >= 0.6 is 0 Å². The smallest absolute Gasteiger partial charge is 0.308 e. The van der Waals surface area contributed by atoms with E-state index < -0.39 is 0 Å². The summed E-state index contributed by atoms with van der Waals surface area (Å²) in [5.41, 5.74) is 4.88. The SMILES string of the molecule is CC(=O)Oc1ccc2c(c1)c1c(C)c3c[n+](C)ccc3c(C)c1n2C. The lowest BCUT2D eigenvalue weighted by atomic mass is 9.97. The minimum Gasteiger partial charge on any atom is -0.427 e. The highest BCUT2D eigenvalue weighted by atomic mass is 16.5. The first-order valence-corrected chi connectivity index (χ1v) is 8.37. The number of aryl methyl sites for hydroxylation is 4. The van der Waals surface area contributed by atoms with Gasteiger partial charge in [-0.3, -0.25) is 4.79 Å². The molecule has 0 aliphatic carbocycles. The fourth-order valence-electron chi connectivity index (χ4n) is 3.96. The van der Waals surface area contributed by atoms with E-state index in [1.165, 1.54) is 39.7 Å². The number of rotatable bonds is 1. The van der Waals surface area contributed by atoms with Gasteiger partial charge in [0.25, 0.3) is 0 Å². The molecule has 0 radical (unpaired) electrons. The van der Waals surface area contributed by atoms with Gasteiger partial charge in [-0.25, -0.2) is 4.57 Å². The first-order chi connectivity index (χ1) is 11.9.